The van der Waals surface area contributed by atoms with Gasteiger partial charge in [-0.25, -0.2) is 0 Å². The number of piperidine rings is 1. The van der Waals surface area contributed by atoms with Gasteiger partial charge >= 0.3 is 0 Å². The van der Waals surface area contributed by atoms with Gasteiger partial charge in [0.2, 0.25) is 11.8 Å². The molecule has 1 aliphatic rings. The number of rotatable bonds is 9. The van der Waals surface area contributed by atoms with Crippen molar-refractivity contribution >= 4 is 33.4 Å². The summed E-state index contributed by atoms with van der Waals surface area (Å²) in [7, 11) is 0. The molecule has 26 heavy (non-hydrogen) atoms. The van der Waals surface area contributed by atoms with Crippen molar-refractivity contribution < 1.29 is 9.59 Å². The third-order valence-corrected chi connectivity index (χ3v) is 5.41. The predicted octanol–water partition coefficient (Wildman–Crippen LogP) is 3.80. The number of nitrogens with one attached hydrogen (secondary N) is 2. The second-order valence-corrected chi connectivity index (χ2v) is 7.81. The van der Waals surface area contributed by atoms with E-state index in [9.17, 15) is 9.59 Å². The molecule has 0 aromatic heterocycles. The third-order valence-electron chi connectivity index (χ3n) is 4.72. The summed E-state index contributed by atoms with van der Waals surface area (Å²) in [5, 5.41) is 5.99. The van der Waals surface area contributed by atoms with Crippen molar-refractivity contribution in [3.05, 3.63) is 28.7 Å². The lowest BCUT2D eigenvalue weighted by Crippen LogP contribution is -2.45. The smallest absolute Gasteiger partial charge is 0.238 e. The molecule has 0 radical (unpaired) electrons. The molecule has 1 unspecified atom stereocenters. The zero-order valence-corrected chi connectivity index (χ0v) is 17.2. The number of hydrogen-bond acceptors (Lipinski definition) is 3. The molecule has 0 aliphatic carbocycles. The fourth-order valence-electron chi connectivity index (χ4n) is 3.28. The molecule has 1 fully saturated rings. The molecular formula is C20H30BrN3O2. The van der Waals surface area contributed by atoms with E-state index in [-0.39, 0.29) is 17.7 Å². The van der Waals surface area contributed by atoms with Crippen molar-refractivity contribution in [3.63, 3.8) is 0 Å². The van der Waals surface area contributed by atoms with Crippen LogP contribution in [-0.4, -0.2) is 42.9 Å². The molecule has 0 saturated carbocycles. The summed E-state index contributed by atoms with van der Waals surface area (Å²) in [6.07, 6.45) is 6.50. The number of likely N-dealkylation sites (tertiary alicyclic amines) is 1. The Kier molecular flexibility index (Phi) is 9.12. The van der Waals surface area contributed by atoms with Crippen LogP contribution in [0.15, 0.2) is 28.7 Å². The van der Waals surface area contributed by atoms with Gasteiger partial charge in [0.15, 0.2) is 0 Å². The lowest BCUT2D eigenvalue weighted by molar-refractivity contribution is -0.127. The summed E-state index contributed by atoms with van der Waals surface area (Å²) in [6.45, 7) is 4.79. The number of anilines is 1. The van der Waals surface area contributed by atoms with E-state index >= 15 is 0 Å². The van der Waals surface area contributed by atoms with E-state index in [2.05, 4.69) is 38.4 Å². The molecule has 0 spiro atoms. The third kappa shape index (κ3) is 7.08. The maximum absolute atomic E-state index is 12.4. The first-order valence-electron chi connectivity index (χ1n) is 9.64. The van der Waals surface area contributed by atoms with Gasteiger partial charge in [-0.05, 0) is 53.9 Å². The molecule has 1 heterocycles. The minimum absolute atomic E-state index is 0.00816. The molecule has 0 bridgehead atoms. The fraction of sp³-hybridized carbons (Fsp3) is 0.600. The van der Waals surface area contributed by atoms with Crippen molar-refractivity contribution in [1.29, 1.82) is 0 Å². The van der Waals surface area contributed by atoms with E-state index in [0.717, 1.165) is 42.5 Å². The summed E-state index contributed by atoms with van der Waals surface area (Å²) in [6, 6.07) is 7.57. The molecule has 2 amide bonds. The number of halogens is 1. The second-order valence-electron chi connectivity index (χ2n) is 6.95. The maximum atomic E-state index is 12.4. The minimum Gasteiger partial charge on any atom is -0.356 e. The quantitative estimate of drug-likeness (QED) is 0.593. The highest BCUT2D eigenvalue weighted by Gasteiger charge is 2.26. The molecule has 5 nitrogen and oxygen atoms in total. The van der Waals surface area contributed by atoms with Gasteiger partial charge in [0.25, 0.3) is 0 Å². The number of benzene rings is 1. The van der Waals surface area contributed by atoms with Crippen LogP contribution in [0.1, 0.15) is 45.4 Å². The van der Waals surface area contributed by atoms with Crippen LogP contribution in [0.4, 0.5) is 5.69 Å². The van der Waals surface area contributed by atoms with Gasteiger partial charge in [0.05, 0.1) is 18.2 Å². The lowest BCUT2D eigenvalue weighted by Gasteiger charge is -2.31. The van der Waals surface area contributed by atoms with Gasteiger partial charge in [-0.1, -0.05) is 38.3 Å². The predicted molar refractivity (Wildman–Crippen MR) is 109 cm³/mol. The normalized spacial score (nSPS) is 17.7. The Hall–Kier alpha value is -1.40. The lowest BCUT2D eigenvalue weighted by atomic mass is 9.97. The molecule has 1 aliphatic heterocycles. The Labute approximate surface area is 165 Å². The Morgan fingerprint density at radius 3 is 2.81 bits per heavy atom. The van der Waals surface area contributed by atoms with Crippen molar-refractivity contribution in [2.45, 2.75) is 45.4 Å². The second kappa shape index (κ2) is 11.3. The van der Waals surface area contributed by atoms with Crippen molar-refractivity contribution in [3.8, 4) is 0 Å². The minimum atomic E-state index is -0.0440. The Morgan fingerprint density at radius 2 is 2.04 bits per heavy atom. The average molecular weight is 424 g/mol. The van der Waals surface area contributed by atoms with Crippen molar-refractivity contribution in [2.75, 3.05) is 31.5 Å². The summed E-state index contributed by atoms with van der Waals surface area (Å²) in [5.41, 5.74) is 0.774. The first kappa shape index (κ1) is 20.9. The highest BCUT2D eigenvalue weighted by atomic mass is 79.9. The van der Waals surface area contributed by atoms with Gasteiger partial charge in [-0.3, -0.25) is 14.5 Å². The summed E-state index contributed by atoms with van der Waals surface area (Å²) in [4.78, 5) is 26.7. The van der Waals surface area contributed by atoms with Crippen LogP contribution in [0.5, 0.6) is 0 Å². The zero-order valence-electron chi connectivity index (χ0n) is 15.6. The number of unbranched alkanes of at least 4 members (excludes halogenated alkanes) is 3. The van der Waals surface area contributed by atoms with Gasteiger partial charge in [-0.2, -0.15) is 0 Å². The van der Waals surface area contributed by atoms with E-state index in [1.165, 1.54) is 19.3 Å². The number of nitrogens with zero attached hydrogens (tertiary/aromatic N) is 1. The monoisotopic (exact) mass is 423 g/mol. The highest BCUT2D eigenvalue weighted by molar-refractivity contribution is 9.10. The number of para-hydroxylation sites is 1. The molecule has 1 aromatic rings. The molecular weight excluding hydrogens is 394 g/mol. The number of carbonyl (C=O) groups is 2. The first-order valence-corrected chi connectivity index (χ1v) is 10.4. The topological polar surface area (TPSA) is 61.4 Å². The number of carbonyl (C=O) groups excluding carboxylic acids is 2. The van der Waals surface area contributed by atoms with E-state index in [1.54, 1.807) is 0 Å². The molecule has 1 atom stereocenters. The van der Waals surface area contributed by atoms with Gasteiger partial charge in [-0.15, -0.1) is 0 Å². The van der Waals surface area contributed by atoms with E-state index in [1.807, 2.05) is 24.3 Å². The van der Waals surface area contributed by atoms with Crippen molar-refractivity contribution in [1.82, 2.24) is 10.2 Å². The Morgan fingerprint density at radius 1 is 1.23 bits per heavy atom. The standard InChI is InChI=1S/C20H30BrN3O2/c1-2-3-4-7-12-22-20(26)16-9-8-13-24(14-16)15-19(25)23-18-11-6-5-10-17(18)21/h5-6,10-11,16H,2-4,7-9,12-15H2,1H3,(H,22,26)(H,23,25). The van der Waals surface area contributed by atoms with Crippen LogP contribution < -0.4 is 10.6 Å². The molecule has 144 valence electrons. The highest BCUT2D eigenvalue weighted by Crippen LogP contribution is 2.21. The molecule has 2 rings (SSSR count). The zero-order chi connectivity index (χ0) is 18.8. The summed E-state index contributed by atoms with van der Waals surface area (Å²) in [5.74, 6) is 0.0844. The van der Waals surface area contributed by atoms with Gasteiger partial charge in [0.1, 0.15) is 0 Å². The van der Waals surface area contributed by atoms with Crippen LogP contribution in [0.3, 0.4) is 0 Å². The molecule has 1 aromatic carbocycles. The maximum Gasteiger partial charge on any atom is 0.238 e. The van der Waals surface area contributed by atoms with Crippen LogP contribution >= 0.6 is 15.9 Å². The van der Waals surface area contributed by atoms with E-state index in [4.69, 9.17) is 0 Å². The molecule has 1 saturated heterocycles. The van der Waals surface area contributed by atoms with Gasteiger partial charge in [0, 0.05) is 17.6 Å². The SMILES string of the molecule is CCCCCCNC(=O)C1CCCN(CC(=O)Nc2ccccc2Br)C1. The van der Waals surface area contributed by atoms with Crippen LogP contribution in [0, 0.1) is 5.92 Å². The largest absolute Gasteiger partial charge is 0.356 e. The fourth-order valence-corrected chi connectivity index (χ4v) is 3.66. The Bertz CT molecular complexity index is 594. The first-order chi connectivity index (χ1) is 12.6. The van der Waals surface area contributed by atoms with E-state index in [0.29, 0.717) is 13.1 Å². The van der Waals surface area contributed by atoms with Crippen LogP contribution in [0.25, 0.3) is 0 Å². The van der Waals surface area contributed by atoms with Crippen LogP contribution in [-0.2, 0) is 9.59 Å². The molecule has 2 N–H and O–H groups in total. The Balaban J connectivity index is 1.74. The average Bonchev–Trinajstić information content (AvgIpc) is 2.63. The summed E-state index contributed by atoms with van der Waals surface area (Å²) >= 11 is 3.44. The number of amides is 2. The van der Waals surface area contributed by atoms with Crippen LogP contribution in [0.2, 0.25) is 0 Å². The van der Waals surface area contributed by atoms with Gasteiger partial charge < -0.3 is 10.6 Å². The number of hydrogen-bond donors (Lipinski definition) is 2. The molecule has 6 heteroatoms. The van der Waals surface area contributed by atoms with Crippen molar-refractivity contribution in [2.24, 2.45) is 5.92 Å². The summed E-state index contributed by atoms with van der Waals surface area (Å²) < 4.78 is 0.868. The van der Waals surface area contributed by atoms with E-state index < -0.39 is 0 Å².